The Balaban J connectivity index is 1.50. The molecule has 1 aliphatic carbocycles. The van der Waals surface area contributed by atoms with Gasteiger partial charge >= 0.3 is 16.3 Å². The Morgan fingerprint density at radius 1 is 1.33 bits per heavy atom. The summed E-state index contributed by atoms with van der Waals surface area (Å²) in [6.07, 6.45) is 2.43. The van der Waals surface area contributed by atoms with Crippen molar-refractivity contribution < 1.29 is 37.3 Å². The molecule has 10 N–H and O–H groups in total. The van der Waals surface area contributed by atoms with E-state index in [1.54, 1.807) is 0 Å². The smallest absolute Gasteiger partial charge is 0.362 e. The normalized spacial score (nSPS) is 20.1. The van der Waals surface area contributed by atoms with Gasteiger partial charge in [-0.1, -0.05) is 10.4 Å². The number of aliphatic imine (C=N–C) groups is 1. The summed E-state index contributed by atoms with van der Waals surface area (Å²) in [5.41, 5.74) is 15.0. The van der Waals surface area contributed by atoms with Crippen LogP contribution in [0.2, 0.25) is 0 Å². The fourth-order valence-electron chi connectivity index (χ4n) is 3.77. The minimum atomic E-state index is -5.01. The van der Waals surface area contributed by atoms with Crippen molar-refractivity contribution in [1.82, 2.24) is 34.9 Å². The number of guanidine groups is 1. The Morgan fingerprint density at radius 2 is 2.07 bits per heavy atom. The fourth-order valence-corrected chi connectivity index (χ4v) is 5.19. The van der Waals surface area contributed by atoms with Crippen LogP contribution < -0.4 is 27.8 Å². The molecule has 42 heavy (non-hydrogen) atoms. The van der Waals surface area contributed by atoms with E-state index in [9.17, 15) is 32.5 Å². The van der Waals surface area contributed by atoms with E-state index in [4.69, 9.17) is 22.0 Å². The Morgan fingerprint density at radius 3 is 2.67 bits per heavy atom. The number of carboxylic acids is 1. The minimum Gasteiger partial charge on any atom is -0.478 e. The summed E-state index contributed by atoms with van der Waals surface area (Å²) in [4.78, 5) is 50.6. The summed E-state index contributed by atoms with van der Waals surface area (Å²) >= 11 is 0.965. The average Bonchev–Trinajstić information content (AvgIpc) is 3.38. The number of β-lactam (4-membered cyclic amide) rings is 1. The van der Waals surface area contributed by atoms with Crippen molar-refractivity contribution in [3.8, 4) is 0 Å². The topological polar surface area (TPSA) is 309 Å². The van der Waals surface area contributed by atoms with E-state index in [1.165, 1.54) is 16.3 Å². The second kappa shape index (κ2) is 12.2. The van der Waals surface area contributed by atoms with E-state index in [0.717, 1.165) is 11.3 Å². The number of aromatic nitrogens is 4. The molecule has 2 aromatic rings. The van der Waals surface area contributed by atoms with Crippen LogP contribution in [-0.2, 0) is 42.6 Å². The van der Waals surface area contributed by atoms with Gasteiger partial charge in [0.05, 0.1) is 25.3 Å². The summed E-state index contributed by atoms with van der Waals surface area (Å²) in [6.45, 7) is 0.725. The maximum absolute atomic E-state index is 13.2. The molecule has 0 radical (unpaired) electrons. The molecule has 2 amide bonds. The lowest BCUT2D eigenvalue weighted by atomic mass is 9.98. The number of nitrogens with one attached hydrogen (secondary N) is 2. The number of carboxylic acid groups (broad SMARTS) is 1. The highest BCUT2D eigenvalue weighted by Gasteiger charge is 2.56. The molecule has 1 aliphatic heterocycles. The van der Waals surface area contributed by atoms with E-state index in [1.807, 2.05) is 0 Å². The van der Waals surface area contributed by atoms with E-state index < -0.39 is 51.5 Å². The average molecular weight is 629 g/mol. The Bertz CT molecular complexity index is 1520. The highest BCUT2D eigenvalue weighted by molar-refractivity contribution is 7.84. The van der Waals surface area contributed by atoms with Crippen molar-refractivity contribution in [2.45, 2.75) is 50.0 Å². The molecule has 0 bridgehead atoms. The summed E-state index contributed by atoms with van der Waals surface area (Å²) < 4.78 is 34.9. The molecule has 2 atom stereocenters. The lowest BCUT2D eigenvalue weighted by molar-refractivity contribution is -0.153. The number of amides is 2. The number of thiazole rings is 1. The summed E-state index contributed by atoms with van der Waals surface area (Å²) in [5.74, 6) is -3.29. The number of rotatable bonds is 14. The zero-order valence-corrected chi connectivity index (χ0v) is 23.4. The first kappa shape index (κ1) is 30.5. The van der Waals surface area contributed by atoms with Crippen molar-refractivity contribution in [1.29, 1.82) is 0 Å². The molecule has 2 fully saturated rings. The highest BCUT2D eigenvalue weighted by Crippen LogP contribution is 2.40. The van der Waals surface area contributed by atoms with Crippen molar-refractivity contribution in [3.63, 3.8) is 0 Å². The van der Waals surface area contributed by atoms with Crippen LogP contribution in [0.15, 0.2) is 21.7 Å². The molecule has 1 unspecified atom stereocenters. The maximum Gasteiger partial charge on any atom is 0.362 e. The quantitative estimate of drug-likeness (QED) is 0.0268. The fraction of sp³-hybridized carbons (Fsp3) is 0.500. The number of oxime groups is 1. The van der Waals surface area contributed by atoms with Gasteiger partial charge in [0.2, 0.25) is 5.60 Å². The molecule has 0 spiro atoms. The third-order valence-electron chi connectivity index (χ3n) is 6.15. The van der Waals surface area contributed by atoms with Gasteiger partial charge in [0.1, 0.15) is 17.4 Å². The Hall–Kier alpha value is -4.41. The highest BCUT2D eigenvalue weighted by atomic mass is 32.2. The van der Waals surface area contributed by atoms with Crippen LogP contribution in [0.1, 0.15) is 30.7 Å². The second-order valence-electron chi connectivity index (χ2n) is 9.23. The standard InChI is InChI=1S/C20H28N12O8S2/c21-4-1-5-24-18(22)25-6-10-7-31(30-28-10)8-12-14(16(34)32(12)42(37,38)39)27-15(33)13(11-9-41-19(23)26-11)29-40-20(2-3-20)17(35)36/h7,9,12,14H,1-6,8,21H2,(H2,23,26)(H,27,33)(H,35,36)(H3,22,24,25)(H,37,38,39)/b29-13-/t12-,14?/m0/s1. The zero-order valence-electron chi connectivity index (χ0n) is 21.8. The van der Waals surface area contributed by atoms with Crippen LogP contribution in [0.5, 0.6) is 0 Å². The first-order valence-corrected chi connectivity index (χ1v) is 14.6. The van der Waals surface area contributed by atoms with Gasteiger partial charge in [-0.3, -0.25) is 14.1 Å². The molecule has 1 saturated heterocycles. The predicted molar refractivity (Wildman–Crippen MR) is 145 cm³/mol. The molecular weight excluding hydrogens is 600 g/mol. The van der Waals surface area contributed by atoms with Gasteiger partial charge in [-0.25, -0.2) is 23.8 Å². The largest absolute Gasteiger partial charge is 0.478 e. The number of carbonyl (C=O) groups is 3. The van der Waals surface area contributed by atoms with Crippen LogP contribution in [0.3, 0.4) is 0 Å². The number of hydrogen-bond acceptors (Lipinski definition) is 14. The number of anilines is 1. The third-order valence-corrected chi connectivity index (χ3v) is 7.77. The molecule has 2 aliphatic rings. The van der Waals surface area contributed by atoms with Crippen molar-refractivity contribution in [2.75, 3.05) is 18.8 Å². The number of nitrogens with zero attached hydrogens (tertiary/aromatic N) is 7. The number of nitrogens with two attached hydrogens (primary N) is 3. The van der Waals surface area contributed by atoms with Crippen LogP contribution >= 0.6 is 11.3 Å². The van der Waals surface area contributed by atoms with Crippen molar-refractivity contribution in [3.05, 3.63) is 23.0 Å². The molecule has 20 nitrogen and oxygen atoms in total. The summed E-state index contributed by atoms with van der Waals surface area (Å²) in [7, 11) is -5.01. The molecule has 1 saturated carbocycles. The van der Waals surface area contributed by atoms with Gasteiger partial charge in [-0.05, 0) is 13.0 Å². The predicted octanol–water partition coefficient (Wildman–Crippen LogP) is -3.39. The first-order chi connectivity index (χ1) is 19.8. The van der Waals surface area contributed by atoms with Gasteiger partial charge in [0.15, 0.2) is 16.8 Å². The van der Waals surface area contributed by atoms with E-state index in [-0.39, 0.29) is 47.0 Å². The summed E-state index contributed by atoms with van der Waals surface area (Å²) in [5, 5.41) is 27.5. The van der Waals surface area contributed by atoms with E-state index in [2.05, 4.69) is 36.1 Å². The molecule has 3 heterocycles. The van der Waals surface area contributed by atoms with Crippen LogP contribution in [-0.4, -0.2) is 103 Å². The molecule has 0 aromatic carbocycles. The zero-order chi connectivity index (χ0) is 30.7. The SMILES string of the molecule is NCCCNC(N)=NCc1cn(C[C@H]2C(NC(=O)/C(=N\OC3(C(=O)O)CC3)c3csc(N)n3)C(=O)N2S(=O)(=O)O)nn1. The van der Waals surface area contributed by atoms with Gasteiger partial charge in [0, 0.05) is 24.8 Å². The van der Waals surface area contributed by atoms with Gasteiger partial charge in [-0.2, -0.15) is 8.42 Å². The monoisotopic (exact) mass is 628 g/mol. The lowest BCUT2D eigenvalue weighted by Crippen LogP contribution is -2.73. The molecule has 2 aromatic heterocycles. The second-order valence-corrected chi connectivity index (χ2v) is 11.4. The number of hydrogen-bond donors (Lipinski definition) is 7. The molecule has 22 heteroatoms. The minimum absolute atomic E-state index is 0.0294. The molecular formula is C20H28N12O8S2. The third kappa shape index (κ3) is 6.89. The lowest BCUT2D eigenvalue weighted by Gasteiger charge is -2.43. The molecule has 228 valence electrons. The number of aliphatic carboxylic acids is 1. The van der Waals surface area contributed by atoms with Crippen LogP contribution in [0.4, 0.5) is 5.13 Å². The number of carbonyl (C=O) groups excluding carboxylic acids is 2. The Kier molecular flexibility index (Phi) is 8.89. The van der Waals surface area contributed by atoms with Gasteiger partial charge < -0.3 is 37.8 Å². The van der Waals surface area contributed by atoms with E-state index >= 15 is 0 Å². The molecule has 4 rings (SSSR count). The van der Waals surface area contributed by atoms with Crippen LogP contribution in [0.25, 0.3) is 0 Å². The Labute approximate surface area is 241 Å². The van der Waals surface area contributed by atoms with Crippen LogP contribution in [0, 0.1) is 0 Å². The van der Waals surface area contributed by atoms with Gasteiger partial charge in [-0.15, -0.1) is 16.4 Å². The van der Waals surface area contributed by atoms with Crippen molar-refractivity contribution >= 4 is 56.2 Å². The number of nitrogen functional groups attached to an aromatic ring is 1. The van der Waals surface area contributed by atoms with E-state index in [0.29, 0.717) is 25.2 Å². The first-order valence-electron chi connectivity index (χ1n) is 12.3. The summed E-state index contributed by atoms with van der Waals surface area (Å²) in [6, 6.07) is -2.79. The maximum atomic E-state index is 13.2. The van der Waals surface area contributed by atoms with Gasteiger partial charge in [0.25, 0.3) is 11.8 Å². The van der Waals surface area contributed by atoms with Crippen molar-refractivity contribution in [2.24, 2.45) is 21.6 Å².